The van der Waals surface area contributed by atoms with Crippen molar-refractivity contribution in [3.8, 4) is 0 Å². The lowest BCUT2D eigenvalue weighted by Gasteiger charge is -2.49. The molecule has 14 heteroatoms. The molecule has 12 nitrogen and oxygen atoms in total. The number of nitrogens with zero attached hydrogens (tertiary/aromatic N) is 1. The fourth-order valence-corrected chi connectivity index (χ4v) is 5.47. The predicted molar refractivity (Wildman–Crippen MR) is 129 cm³/mol. The van der Waals surface area contributed by atoms with Gasteiger partial charge in [-0.05, 0) is 5.56 Å². The van der Waals surface area contributed by atoms with Crippen molar-refractivity contribution in [2.75, 3.05) is 23.9 Å². The molecule has 0 bridgehead atoms. The largest absolute Gasteiger partial charge is 0.481 e. The van der Waals surface area contributed by atoms with E-state index < -0.39 is 53.1 Å². The van der Waals surface area contributed by atoms with E-state index in [1.54, 1.807) is 30.3 Å². The summed E-state index contributed by atoms with van der Waals surface area (Å²) in [5.74, 6) is -5.19. The van der Waals surface area contributed by atoms with Gasteiger partial charge in [0.05, 0.1) is 11.5 Å². The Balaban J connectivity index is 1.72. The molecule has 2 heterocycles. The quantitative estimate of drug-likeness (QED) is 0.220. The van der Waals surface area contributed by atoms with E-state index in [2.05, 4.69) is 10.6 Å². The van der Waals surface area contributed by atoms with Crippen LogP contribution in [0.4, 0.5) is 0 Å². The van der Waals surface area contributed by atoms with E-state index in [1.807, 2.05) is 0 Å². The van der Waals surface area contributed by atoms with Gasteiger partial charge < -0.3 is 25.6 Å². The van der Waals surface area contributed by atoms with Crippen LogP contribution in [0.3, 0.4) is 0 Å². The predicted octanol–water partition coefficient (Wildman–Crippen LogP) is -0.0366. The highest BCUT2D eigenvalue weighted by Gasteiger charge is 2.54. The molecule has 0 spiro atoms. The van der Waals surface area contributed by atoms with Crippen molar-refractivity contribution in [1.29, 1.82) is 0 Å². The average molecular weight is 538 g/mol. The molecule has 1 aromatic rings. The zero-order valence-corrected chi connectivity index (χ0v) is 20.6. The summed E-state index contributed by atoms with van der Waals surface area (Å²) in [5, 5.41) is 22.9. The number of carbonyl (C=O) groups is 6. The zero-order chi connectivity index (χ0) is 26.4. The van der Waals surface area contributed by atoms with E-state index >= 15 is 0 Å². The third-order valence-corrected chi connectivity index (χ3v) is 7.41. The second-order valence-corrected chi connectivity index (χ2v) is 9.82. The summed E-state index contributed by atoms with van der Waals surface area (Å²) in [6.07, 6.45) is 0. The zero-order valence-electron chi connectivity index (χ0n) is 19.0. The molecule has 2 aliphatic heterocycles. The molecule has 1 unspecified atom stereocenters. The molecule has 192 valence electrons. The number of carboxylic acids is 2. The van der Waals surface area contributed by atoms with Gasteiger partial charge >= 0.3 is 17.9 Å². The second-order valence-electron chi connectivity index (χ2n) is 7.73. The number of aliphatic carboxylic acids is 2. The number of carbonyl (C=O) groups excluding carboxylic acids is 4. The van der Waals surface area contributed by atoms with Gasteiger partial charge in [-0.2, -0.15) is 0 Å². The highest BCUT2D eigenvalue weighted by Crippen LogP contribution is 2.40. The molecule has 0 aliphatic carbocycles. The van der Waals surface area contributed by atoms with Crippen LogP contribution in [0.5, 0.6) is 0 Å². The van der Waals surface area contributed by atoms with Crippen molar-refractivity contribution < 1.29 is 43.7 Å². The van der Waals surface area contributed by atoms with Crippen molar-refractivity contribution in [3.63, 3.8) is 0 Å². The van der Waals surface area contributed by atoms with Crippen LogP contribution in [0.15, 0.2) is 41.6 Å². The standard InChI is InChI=1S/C22H23N3O9S2/c1-11(26)34-7-13-8-36-21-17(20(31)25(21)18(13)22(32)33)24-19(30)16(12-5-3-2-4-6-12)23-14(27)9-35-10-15(28)29/h2-6,16-17,21H,7-10H2,1H3,(H,23,27)(H,24,30)(H,28,29)(H,32,33)/t16?,17-,21-/m1/s1. The number of amides is 3. The number of ether oxygens (including phenoxy) is 1. The molecule has 4 N–H and O–H groups in total. The van der Waals surface area contributed by atoms with Crippen molar-refractivity contribution in [2.24, 2.45) is 0 Å². The van der Waals surface area contributed by atoms with E-state index in [-0.39, 0.29) is 35.1 Å². The van der Waals surface area contributed by atoms with Crippen molar-refractivity contribution in [1.82, 2.24) is 15.5 Å². The normalized spacial score (nSPS) is 19.5. The first kappa shape index (κ1) is 27.1. The van der Waals surface area contributed by atoms with E-state index in [0.29, 0.717) is 5.56 Å². The van der Waals surface area contributed by atoms with Crippen molar-refractivity contribution in [2.45, 2.75) is 24.4 Å². The number of carboxylic acid groups (broad SMARTS) is 2. The summed E-state index contributed by atoms with van der Waals surface area (Å²) in [4.78, 5) is 73.1. The van der Waals surface area contributed by atoms with Gasteiger partial charge in [0.1, 0.15) is 29.8 Å². The first-order chi connectivity index (χ1) is 17.1. The molecule has 0 saturated carbocycles. The first-order valence-corrected chi connectivity index (χ1v) is 12.8. The number of β-lactam (4-membered cyclic amide) rings is 1. The summed E-state index contributed by atoms with van der Waals surface area (Å²) in [6, 6.07) is 6.11. The Morgan fingerprint density at radius 2 is 1.86 bits per heavy atom. The Kier molecular flexibility index (Phi) is 8.98. The van der Waals surface area contributed by atoms with Gasteiger partial charge in [-0.3, -0.25) is 28.9 Å². The number of thioether (sulfide) groups is 2. The molecule has 3 rings (SSSR count). The second kappa shape index (κ2) is 11.9. The van der Waals surface area contributed by atoms with Gasteiger partial charge in [0.25, 0.3) is 5.91 Å². The average Bonchev–Trinajstić information content (AvgIpc) is 2.83. The molecule has 2 aliphatic rings. The third kappa shape index (κ3) is 6.37. The lowest BCUT2D eigenvalue weighted by atomic mass is 10.0. The summed E-state index contributed by atoms with van der Waals surface area (Å²) >= 11 is 2.09. The summed E-state index contributed by atoms with van der Waals surface area (Å²) in [5.41, 5.74) is 0.436. The Morgan fingerprint density at radius 3 is 2.47 bits per heavy atom. The maximum absolute atomic E-state index is 13.1. The molecular formula is C22H23N3O9S2. The molecule has 1 saturated heterocycles. The smallest absolute Gasteiger partial charge is 0.352 e. The van der Waals surface area contributed by atoms with E-state index in [9.17, 15) is 33.9 Å². The Hall–Kier alpha value is -3.52. The Morgan fingerprint density at radius 1 is 1.17 bits per heavy atom. The van der Waals surface area contributed by atoms with Gasteiger partial charge in [-0.1, -0.05) is 30.3 Å². The monoisotopic (exact) mass is 537 g/mol. The fourth-order valence-electron chi connectivity index (χ4n) is 3.60. The van der Waals surface area contributed by atoms with Crippen LogP contribution in [-0.2, 0) is 33.5 Å². The van der Waals surface area contributed by atoms with Gasteiger partial charge in [0.2, 0.25) is 11.8 Å². The topological polar surface area (TPSA) is 179 Å². The SMILES string of the molecule is CC(=O)OCC1=C(C(=O)O)N2C(=O)[C@@H](NC(=O)C(NC(=O)CSCC(=O)O)c3ccccc3)[C@H]2SC1. The maximum Gasteiger partial charge on any atom is 0.352 e. The van der Waals surface area contributed by atoms with Crippen LogP contribution in [0.25, 0.3) is 0 Å². The molecule has 0 aromatic heterocycles. The maximum atomic E-state index is 13.1. The van der Waals surface area contributed by atoms with Crippen LogP contribution in [0.1, 0.15) is 18.5 Å². The number of fused-ring (bicyclic) bond motifs is 1. The minimum Gasteiger partial charge on any atom is -0.481 e. The molecule has 0 radical (unpaired) electrons. The molecule has 1 fully saturated rings. The molecular weight excluding hydrogens is 514 g/mol. The van der Waals surface area contributed by atoms with E-state index in [1.165, 1.54) is 18.7 Å². The first-order valence-electron chi connectivity index (χ1n) is 10.6. The van der Waals surface area contributed by atoms with Crippen LogP contribution in [0.2, 0.25) is 0 Å². The third-order valence-electron chi connectivity index (χ3n) is 5.16. The summed E-state index contributed by atoms with van der Waals surface area (Å²) in [6.45, 7) is 0.923. The molecule has 3 atom stereocenters. The highest BCUT2D eigenvalue weighted by atomic mass is 32.2. The van der Waals surface area contributed by atoms with Crippen LogP contribution < -0.4 is 10.6 Å². The molecule has 1 aromatic carbocycles. The van der Waals surface area contributed by atoms with Gasteiger partial charge in [-0.25, -0.2) is 4.79 Å². The Labute approximate surface area is 213 Å². The Bertz CT molecular complexity index is 1110. The summed E-state index contributed by atoms with van der Waals surface area (Å²) < 4.78 is 4.90. The fraction of sp³-hybridized carbons (Fsp3) is 0.364. The molecule has 3 amide bonds. The van der Waals surface area contributed by atoms with Gasteiger partial charge in [0, 0.05) is 18.2 Å². The lowest BCUT2D eigenvalue weighted by molar-refractivity contribution is -0.151. The number of rotatable bonds is 11. The number of hydrogen-bond donors (Lipinski definition) is 4. The number of hydrogen-bond acceptors (Lipinski definition) is 9. The minimum absolute atomic E-state index is 0.176. The van der Waals surface area contributed by atoms with E-state index in [4.69, 9.17) is 9.84 Å². The number of nitrogens with one attached hydrogen (secondary N) is 2. The van der Waals surface area contributed by atoms with Crippen LogP contribution in [-0.4, -0.2) is 86.0 Å². The van der Waals surface area contributed by atoms with Crippen LogP contribution >= 0.6 is 23.5 Å². The van der Waals surface area contributed by atoms with Gasteiger partial charge in [0.15, 0.2) is 0 Å². The van der Waals surface area contributed by atoms with Gasteiger partial charge in [-0.15, -0.1) is 23.5 Å². The number of esters is 1. The lowest BCUT2D eigenvalue weighted by Crippen LogP contribution is -2.71. The van der Waals surface area contributed by atoms with Crippen LogP contribution in [0, 0.1) is 0 Å². The van der Waals surface area contributed by atoms with Crippen molar-refractivity contribution in [3.05, 3.63) is 47.2 Å². The number of benzene rings is 1. The highest BCUT2D eigenvalue weighted by molar-refractivity contribution is 8.00. The summed E-state index contributed by atoms with van der Waals surface area (Å²) in [7, 11) is 0. The minimum atomic E-state index is -1.35. The molecule has 36 heavy (non-hydrogen) atoms. The van der Waals surface area contributed by atoms with E-state index in [0.717, 1.165) is 16.7 Å². The van der Waals surface area contributed by atoms with Crippen molar-refractivity contribution >= 4 is 59.2 Å².